The third kappa shape index (κ3) is 3.27. The molecule has 1 heterocycles. The average Bonchev–Trinajstić information content (AvgIpc) is 2.75. The fourth-order valence-electron chi connectivity index (χ4n) is 2.00. The molecule has 2 rings (SSSR count). The fourth-order valence-corrected chi connectivity index (χ4v) is 2.32. The first-order chi connectivity index (χ1) is 9.11. The van der Waals surface area contributed by atoms with Gasteiger partial charge in [-0.05, 0) is 24.3 Å². The lowest BCUT2D eigenvalue weighted by molar-refractivity contribution is -0.117. The molecule has 0 saturated carbocycles. The van der Waals surface area contributed by atoms with E-state index < -0.39 is 0 Å². The molecule has 0 aliphatic carbocycles. The van der Waals surface area contributed by atoms with Crippen molar-refractivity contribution < 1.29 is 14.7 Å². The smallest absolute Gasteiger partial charge is 0.251 e. The van der Waals surface area contributed by atoms with E-state index in [-0.39, 0.29) is 30.2 Å². The lowest BCUT2D eigenvalue weighted by Crippen LogP contribution is -2.27. The molecule has 0 aromatic heterocycles. The van der Waals surface area contributed by atoms with Crippen molar-refractivity contribution in [1.82, 2.24) is 5.32 Å². The van der Waals surface area contributed by atoms with E-state index >= 15 is 0 Å². The van der Waals surface area contributed by atoms with Gasteiger partial charge < -0.3 is 15.3 Å². The van der Waals surface area contributed by atoms with Crippen LogP contribution in [0, 0.1) is 0 Å². The topological polar surface area (TPSA) is 69.6 Å². The Morgan fingerprint density at radius 3 is 2.63 bits per heavy atom. The van der Waals surface area contributed by atoms with Crippen LogP contribution in [0.4, 0.5) is 5.69 Å². The standard InChI is InChI=1S/C13H16N2O3S/c16-6-5-14-13(18)9-1-3-10(4-2-9)15-8-11(19)7-12(15)17/h1-4,11,16,19H,5-8H2,(H,14,18). The van der Waals surface area contributed by atoms with Crippen molar-refractivity contribution in [2.75, 3.05) is 24.6 Å². The van der Waals surface area contributed by atoms with Crippen molar-refractivity contribution in [3.05, 3.63) is 29.8 Å². The van der Waals surface area contributed by atoms with Gasteiger partial charge >= 0.3 is 0 Å². The maximum Gasteiger partial charge on any atom is 0.251 e. The first-order valence-corrected chi connectivity index (χ1v) is 6.61. The van der Waals surface area contributed by atoms with E-state index in [2.05, 4.69) is 17.9 Å². The summed E-state index contributed by atoms with van der Waals surface area (Å²) in [5, 5.41) is 11.3. The SMILES string of the molecule is O=C(NCCO)c1ccc(N2CC(S)CC2=O)cc1. The first kappa shape index (κ1) is 13.9. The Morgan fingerprint density at radius 1 is 1.42 bits per heavy atom. The summed E-state index contributed by atoms with van der Waals surface area (Å²) in [7, 11) is 0. The minimum atomic E-state index is -0.236. The molecule has 2 amide bonds. The largest absolute Gasteiger partial charge is 0.395 e. The third-order valence-electron chi connectivity index (χ3n) is 2.94. The molecule has 0 radical (unpaired) electrons. The zero-order valence-electron chi connectivity index (χ0n) is 10.4. The number of thiol groups is 1. The van der Waals surface area contributed by atoms with Crippen LogP contribution < -0.4 is 10.2 Å². The van der Waals surface area contributed by atoms with Crippen LogP contribution >= 0.6 is 12.6 Å². The number of hydrogen-bond acceptors (Lipinski definition) is 4. The lowest BCUT2D eigenvalue weighted by Gasteiger charge is -2.16. The molecule has 5 nitrogen and oxygen atoms in total. The van der Waals surface area contributed by atoms with Gasteiger partial charge in [0.05, 0.1) is 6.61 Å². The van der Waals surface area contributed by atoms with Crippen molar-refractivity contribution >= 4 is 30.1 Å². The van der Waals surface area contributed by atoms with Crippen LogP contribution in [0.15, 0.2) is 24.3 Å². The Labute approximate surface area is 117 Å². The van der Waals surface area contributed by atoms with Gasteiger partial charge in [-0.3, -0.25) is 9.59 Å². The lowest BCUT2D eigenvalue weighted by atomic mass is 10.2. The maximum absolute atomic E-state index is 11.7. The van der Waals surface area contributed by atoms with E-state index in [1.807, 2.05) is 0 Å². The monoisotopic (exact) mass is 280 g/mol. The Bertz CT molecular complexity index is 475. The van der Waals surface area contributed by atoms with Crippen LogP contribution in [-0.4, -0.2) is 41.9 Å². The molecule has 1 aromatic carbocycles. The molecule has 6 heteroatoms. The minimum Gasteiger partial charge on any atom is -0.395 e. The number of anilines is 1. The van der Waals surface area contributed by atoms with E-state index in [0.29, 0.717) is 18.5 Å². The Morgan fingerprint density at radius 2 is 2.11 bits per heavy atom. The predicted octanol–water partition coefficient (Wildman–Crippen LogP) is 0.444. The zero-order chi connectivity index (χ0) is 13.8. The normalized spacial score (nSPS) is 18.7. The Hall–Kier alpha value is -1.53. The summed E-state index contributed by atoms with van der Waals surface area (Å²) in [5.74, 6) is -0.182. The average molecular weight is 280 g/mol. The van der Waals surface area contributed by atoms with Gasteiger partial charge in [-0.15, -0.1) is 0 Å². The molecule has 0 spiro atoms. The second kappa shape index (κ2) is 6.08. The summed E-state index contributed by atoms with van der Waals surface area (Å²) in [5.41, 5.74) is 1.28. The van der Waals surface area contributed by atoms with Crippen LogP contribution in [0.5, 0.6) is 0 Å². The van der Waals surface area contributed by atoms with Crippen molar-refractivity contribution in [3.63, 3.8) is 0 Å². The highest BCUT2D eigenvalue weighted by molar-refractivity contribution is 7.81. The second-order valence-electron chi connectivity index (χ2n) is 4.39. The summed E-state index contributed by atoms with van der Waals surface area (Å²) in [4.78, 5) is 25.0. The molecule has 1 unspecified atom stereocenters. The second-order valence-corrected chi connectivity index (χ2v) is 5.12. The highest BCUT2D eigenvalue weighted by atomic mass is 32.1. The third-order valence-corrected chi connectivity index (χ3v) is 3.29. The zero-order valence-corrected chi connectivity index (χ0v) is 11.3. The van der Waals surface area contributed by atoms with Crippen molar-refractivity contribution in [2.45, 2.75) is 11.7 Å². The van der Waals surface area contributed by atoms with Gasteiger partial charge in [0.15, 0.2) is 0 Å². The van der Waals surface area contributed by atoms with Crippen molar-refractivity contribution in [1.29, 1.82) is 0 Å². The van der Waals surface area contributed by atoms with Gasteiger partial charge in [0.25, 0.3) is 5.91 Å². The molecular formula is C13H16N2O3S. The van der Waals surface area contributed by atoms with Gasteiger partial charge in [-0.1, -0.05) is 0 Å². The number of aliphatic hydroxyl groups excluding tert-OH is 1. The van der Waals surface area contributed by atoms with Crippen molar-refractivity contribution in [3.8, 4) is 0 Å². The molecule has 1 saturated heterocycles. The van der Waals surface area contributed by atoms with Gasteiger partial charge in [0, 0.05) is 36.0 Å². The highest BCUT2D eigenvalue weighted by Gasteiger charge is 2.28. The molecular weight excluding hydrogens is 264 g/mol. The molecule has 1 aromatic rings. The van der Waals surface area contributed by atoms with Gasteiger partial charge in [0.1, 0.15) is 0 Å². The Balaban J connectivity index is 2.06. The molecule has 1 atom stereocenters. The summed E-state index contributed by atoms with van der Waals surface area (Å²) < 4.78 is 0. The number of rotatable bonds is 4. The number of nitrogens with zero attached hydrogens (tertiary/aromatic N) is 1. The minimum absolute atomic E-state index is 0.0532. The number of carbonyl (C=O) groups excluding carboxylic acids is 2. The van der Waals surface area contributed by atoms with E-state index in [0.717, 1.165) is 5.69 Å². The van der Waals surface area contributed by atoms with E-state index in [9.17, 15) is 9.59 Å². The molecule has 1 aliphatic heterocycles. The maximum atomic E-state index is 11.7. The van der Waals surface area contributed by atoms with E-state index in [1.54, 1.807) is 29.2 Å². The van der Waals surface area contributed by atoms with Crippen LogP contribution in [0.1, 0.15) is 16.8 Å². The van der Waals surface area contributed by atoms with Gasteiger partial charge in [0.2, 0.25) is 5.91 Å². The number of hydrogen-bond donors (Lipinski definition) is 3. The van der Waals surface area contributed by atoms with Crippen LogP contribution in [-0.2, 0) is 4.79 Å². The summed E-state index contributed by atoms with van der Waals surface area (Å²) >= 11 is 4.30. The summed E-state index contributed by atoms with van der Waals surface area (Å²) in [6.07, 6.45) is 0.446. The van der Waals surface area contributed by atoms with Crippen LogP contribution in [0.25, 0.3) is 0 Å². The quantitative estimate of drug-likeness (QED) is 0.701. The molecule has 2 N–H and O–H groups in total. The molecule has 102 valence electrons. The molecule has 19 heavy (non-hydrogen) atoms. The number of benzene rings is 1. The first-order valence-electron chi connectivity index (χ1n) is 6.09. The van der Waals surface area contributed by atoms with E-state index in [4.69, 9.17) is 5.11 Å². The van der Waals surface area contributed by atoms with Gasteiger partial charge in [-0.25, -0.2) is 0 Å². The Kier molecular flexibility index (Phi) is 4.44. The highest BCUT2D eigenvalue weighted by Crippen LogP contribution is 2.24. The number of amides is 2. The summed E-state index contributed by atoms with van der Waals surface area (Å²) in [6.45, 7) is 0.736. The molecule has 1 aliphatic rings. The summed E-state index contributed by atoms with van der Waals surface area (Å²) in [6, 6.07) is 6.83. The van der Waals surface area contributed by atoms with Crippen LogP contribution in [0.2, 0.25) is 0 Å². The fraction of sp³-hybridized carbons (Fsp3) is 0.385. The van der Waals surface area contributed by atoms with Crippen LogP contribution in [0.3, 0.4) is 0 Å². The number of nitrogens with one attached hydrogen (secondary N) is 1. The number of aliphatic hydroxyl groups is 1. The predicted molar refractivity (Wildman–Crippen MR) is 75.6 cm³/mol. The van der Waals surface area contributed by atoms with Crippen molar-refractivity contribution in [2.24, 2.45) is 0 Å². The number of carbonyl (C=O) groups is 2. The molecule has 0 bridgehead atoms. The van der Waals surface area contributed by atoms with E-state index in [1.165, 1.54) is 0 Å². The molecule has 1 fully saturated rings. The van der Waals surface area contributed by atoms with Gasteiger partial charge in [-0.2, -0.15) is 12.6 Å².